The first-order valence-corrected chi connectivity index (χ1v) is 19.5. The number of nitrogens with zero attached hydrogens (tertiary/aromatic N) is 4. The molecule has 52 heavy (non-hydrogen) atoms. The number of aromatic nitrogens is 4. The summed E-state index contributed by atoms with van der Waals surface area (Å²) in [6, 6.07) is 5.58. The van der Waals surface area contributed by atoms with Gasteiger partial charge in [-0.25, -0.2) is 13.2 Å². The van der Waals surface area contributed by atoms with E-state index in [2.05, 4.69) is 37.3 Å². The lowest BCUT2D eigenvalue weighted by Gasteiger charge is -2.34. The Morgan fingerprint density at radius 3 is 2.35 bits per heavy atom. The molecule has 0 saturated heterocycles. The van der Waals surface area contributed by atoms with Gasteiger partial charge >= 0.3 is 6.09 Å². The number of ether oxygens (including phenoxy) is 2. The number of tetrazole rings is 1. The molecular weight excluding hydrogens is 691 g/mol. The van der Waals surface area contributed by atoms with E-state index in [1.807, 2.05) is 20.8 Å². The Balaban J connectivity index is 1.43. The zero-order chi connectivity index (χ0) is 38.0. The quantitative estimate of drug-likeness (QED) is 0.225. The maximum atomic E-state index is 14.5. The molecule has 6 atom stereocenters. The Morgan fingerprint density at radius 2 is 1.77 bits per heavy atom. The summed E-state index contributed by atoms with van der Waals surface area (Å²) in [7, 11) is -2.41. The third-order valence-electron chi connectivity index (χ3n) is 10.2. The molecule has 3 amide bonds. The van der Waals surface area contributed by atoms with E-state index in [1.165, 1.54) is 4.80 Å². The molecule has 0 radical (unpaired) electrons. The number of Topliss-reactive ketones (excluding diaryl/α,β-unsaturated/α-hetero) is 1. The number of ketones is 1. The smallest absolute Gasteiger partial charge is 0.408 e. The van der Waals surface area contributed by atoms with Gasteiger partial charge in [0.15, 0.2) is 5.78 Å². The van der Waals surface area contributed by atoms with Crippen LogP contribution in [0.15, 0.2) is 36.9 Å². The third-order valence-corrected chi connectivity index (χ3v) is 11.8. The number of allylic oxidation sites excluding steroid dienone is 1. The van der Waals surface area contributed by atoms with Crippen molar-refractivity contribution in [3.63, 3.8) is 0 Å². The summed E-state index contributed by atoms with van der Waals surface area (Å²) in [6.07, 6.45) is 4.06. The van der Waals surface area contributed by atoms with Crippen LogP contribution in [0.25, 0.3) is 11.4 Å². The van der Waals surface area contributed by atoms with Crippen LogP contribution in [0.3, 0.4) is 0 Å². The van der Waals surface area contributed by atoms with Gasteiger partial charge < -0.3 is 20.1 Å². The van der Waals surface area contributed by atoms with Crippen LogP contribution in [0, 0.1) is 29.1 Å². The lowest BCUT2D eigenvalue weighted by molar-refractivity contribution is -0.137. The van der Waals surface area contributed by atoms with Gasteiger partial charge in [-0.2, -0.15) is 4.80 Å². The van der Waals surface area contributed by atoms with Gasteiger partial charge in [-0.3, -0.25) is 19.1 Å². The van der Waals surface area contributed by atoms with Crippen LogP contribution in [0.1, 0.15) is 85.6 Å². The molecule has 0 bridgehead atoms. The minimum absolute atomic E-state index is 0.125. The first-order chi connectivity index (χ1) is 24.5. The zero-order valence-electron chi connectivity index (χ0n) is 30.8. The van der Waals surface area contributed by atoms with Gasteiger partial charge in [0, 0.05) is 17.4 Å². The number of carbonyl (C=O) groups excluding carboxylic acids is 4. The number of carbonyl (C=O) groups is 4. The summed E-state index contributed by atoms with van der Waals surface area (Å²) in [4.78, 5) is 56.9. The second-order valence-corrected chi connectivity index (χ2v) is 17.6. The normalized spacial score (nSPS) is 25.1. The van der Waals surface area contributed by atoms with E-state index in [-0.39, 0.29) is 48.7 Å². The fourth-order valence-electron chi connectivity index (χ4n) is 7.09. The lowest BCUT2D eigenvalue weighted by atomic mass is 9.77. The number of rotatable bonds is 15. The van der Waals surface area contributed by atoms with Gasteiger partial charge in [-0.05, 0) is 91.7 Å². The molecule has 2 aromatic rings. The molecule has 0 spiro atoms. The minimum atomic E-state index is -3.97. The molecule has 5 rings (SSSR count). The van der Waals surface area contributed by atoms with Crippen LogP contribution in [0.5, 0.6) is 5.75 Å². The van der Waals surface area contributed by atoms with Crippen molar-refractivity contribution in [2.45, 2.75) is 103 Å². The largest absolute Gasteiger partial charge is 0.497 e. The number of hydrogen-bond acceptors (Lipinski definition) is 11. The van der Waals surface area contributed by atoms with E-state index in [0.29, 0.717) is 23.6 Å². The highest BCUT2D eigenvalue weighted by molar-refractivity contribution is 7.90. The van der Waals surface area contributed by atoms with Gasteiger partial charge in [-0.15, -0.1) is 16.8 Å². The van der Waals surface area contributed by atoms with Crippen molar-refractivity contribution in [1.29, 1.82) is 0 Å². The van der Waals surface area contributed by atoms with E-state index in [0.717, 1.165) is 19.3 Å². The standard InChI is InChI=1S/C36H51N7O8S/c1-8-10-23-19-36(23,33(46)41-52(48,49)20-21(2)3)38-32(45)28-18-24(43-40-31(39-42-43)22-13-15-25(50-7)16-14-22)17-27(28)29(44)30(35(4,5)6)37-34(47)51-26-11-9-12-26/h8,13-16,21,23-24,26-28,30H,1,9-12,17-20H2,2-7H3,(H,37,47)(H,38,45)(H,41,46)/t23-,24+,27?,28-,30?,36+/m1/s1. The SMILES string of the molecule is C=CC[C@@H]1C[C@@]1(NC(=O)[C@@H]1C[C@@H](n2nnc(-c3ccc(OC)cc3)n2)CC1C(=O)C(NC(=O)OC1CCC1)C(C)(C)C)C(=O)NS(=O)(=O)CC(C)C. The molecular formula is C36H51N7O8S. The Labute approximate surface area is 305 Å². The number of alkyl carbamates (subject to hydrolysis) is 1. The molecule has 1 aromatic heterocycles. The Kier molecular flexibility index (Phi) is 11.5. The van der Waals surface area contributed by atoms with E-state index < -0.39 is 62.8 Å². The van der Waals surface area contributed by atoms with Crippen LogP contribution in [-0.4, -0.2) is 82.9 Å². The van der Waals surface area contributed by atoms with Crippen LogP contribution in [-0.2, 0) is 29.1 Å². The molecule has 15 nitrogen and oxygen atoms in total. The molecule has 3 N–H and O–H groups in total. The summed E-state index contributed by atoms with van der Waals surface area (Å²) >= 11 is 0. The molecule has 1 aromatic carbocycles. The number of benzene rings is 1. The summed E-state index contributed by atoms with van der Waals surface area (Å²) in [6.45, 7) is 12.7. The lowest BCUT2D eigenvalue weighted by Crippen LogP contribution is -2.56. The van der Waals surface area contributed by atoms with Crippen molar-refractivity contribution in [2.24, 2.45) is 29.1 Å². The monoisotopic (exact) mass is 741 g/mol. The van der Waals surface area contributed by atoms with Crippen LogP contribution in [0.4, 0.5) is 4.79 Å². The van der Waals surface area contributed by atoms with Crippen molar-refractivity contribution in [2.75, 3.05) is 12.9 Å². The second kappa shape index (κ2) is 15.3. The van der Waals surface area contributed by atoms with Crippen LogP contribution < -0.4 is 20.1 Å². The summed E-state index contributed by atoms with van der Waals surface area (Å²) < 4.78 is 38.5. The van der Waals surface area contributed by atoms with Crippen LogP contribution >= 0.6 is 0 Å². The zero-order valence-corrected chi connectivity index (χ0v) is 31.6. The average molecular weight is 742 g/mol. The van der Waals surface area contributed by atoms with Gasteiger partial charge in [0.25, 0.3) is 5.91 Å². The Morgan fingerprint density at radius 1 is 1.10 bits per heavy atom. The van der Waals surface area contributed by atoms with Crippen LogP contribution in [0.2, 0.25) is 0 Å². The highest BCUT2D eigenvalue weighted by atomic mass is 32.2. The number of amides is 3. The third kappa shape index (κ3) is 8.81. The average Bonchev–Trinajstić information content (AvgIpc) is 3.37. The summed E-state index contributed by atoms with van der Waals surface area (Å²) in [5, 5.41) is 18.7. The predicted octanol–water partition coefficient (Wildman–Crippen LogP) is 3.73. The first kappa shape index (κ1) is 38.9. The number of methoxy groups -OCH3 is 1. The maximum absolute atomic E-state index is 14.5. The summed E-state index contributed by atoms with van der Waals surface area (Å²) in [5.74, 6) is -3.53. The van der Waals surface area contributed by atoms with Gasteiger partial charge in [0.05, 0.1) is 24.9 Å². The van der Waals surface area contributed by atoms with E-state index in [9.17, 15) is 27.6 Å². The molecule has 1 heterocycles. The molecule has 3 saturated carbocycles. The first-order valence-electron chi connectivity index (χ1n) is 17.9. The highest BCUT2D eigenvalue weighted by Gasteiger charge is 2.62. The van der Waals surface area contributed by atoms with Crippen molar-refractivity contribution in [3.05, 3.63) is 36.9 Å². The fraction of sp³-hybridized carbons (Fsp3) is 0.639. The highest BCUT2D eigenvalue weighted by Crippen LogP contribution is 2.48. The van der Waals surface area contributed by atoms with E-state index in [4.69, 9.17) is 9.47 Å². The van der Waals surface area contributed by atoms with Gasteiger partial charge in [0.1, 0.15) is 17.4 Å². The molecule has 3 fully saturated rings. The maximum Gasteiger partial charge on any atom is 0.408 e. The fourth-order valence-corrected chi connectivity index (χ4v) is 8.51. The molecule has 0 aliphatic heterocycles. The van der Waals surface area contributed by atoms with E-state index in [1.54, 1.807) is 51.3 Å². The number of nitrogens with one attached hydrogen (secondary N) is 3. The molecule has 284 valence electrons. The molecule has 2 unspecified atom stereocenters. The van der Waals surface area contributed by atoms with Crippen molar-refractivity contribution in [1.82, 2.24) is 35.6 Å². The van der Waals surface area contributed by atoms with Crippen molar-refractivity contribution >= 4 is 33.7 Å². The van der Waals surface area contributed by atoms with Gasteiger partial charge in [0.2, 0.25) is 21.8 Å². The van der Waals surface area contributed by atoms with Crippen molar-refractivity contribution < 1.29 is 37.1 Å². The Hall–Kier alpha value is -4.34. The number of sulfonamides is 1. The number of hydrogen-bond donors (Lipinski definition) is 3. The molecule has 3 aliphatic rings. The van der Waals surface area contributed by atoms with Gasteiger partial charge in [-0.1, -0.05) is 40.7 Å². The molecule has 3 aliphatic carbocycles. The Bertz CT molecular complexity index is 1770. The van der Waals surface area contributed by atoms with E-state index >= 15 is 0 Å². The molecule has 16 heteroatoms. The summed E-state index contributed by atoms with van der Waals surface area (Å²) in [5.41, 5.74) is -1.56. The topological polar surface area (TPSA) is 201 Å². The second-order valence-electron chi connectivity index (χ2n) is 15.8. The van der Waals surface area contributed by atoms with Crippen molar-refractivity contribution in [3.8, 4) is 17.1 Å². The minimum Gasteiger partial charge on any atom is -0.497 e. The predicted molar refractivity (Wildman–Crippen MR) is 191 cm³/mol.